The molecule has 2 rings (SSSR count). The average molecular weight is 344 g/mol. The highest BCUT2D eigenvalue weighted by atomic mass is 35.5. The minimum Gasteiger partial charge on any atom is -0.478 e. The number of carbonyl (C=O) groups is 1. The van der Waals surface area contributed by atoms with Crippen molar-refractivity contribution in [2.45, 2.75) is 11.8 Å². The summed E-state index contributed by atoms with van der Waals surface area (Å²) >= 11 is 5.79. The first-order valence-corrected chi connectivity index (χ1v) is 7.88. The lowest BCUT2D eigenvalue weighted by atomic mass is 10.2. The summed E-state index contributed by atoms with van der Waals surface area (Å²) in [5.41, 5.74) is -0.150. The van der Waals surface area contributed by atoms with Crippen molar-refractivity contribution in [3.8, 4) is 0 Å². The van der Waals surface area contributed by atoms with Crippen LogP contribution < -0.4 is 4.72 Å². The lowest BCUT2D eigenvalue weighted by molar-refractivity contribution is 0.0692. The molecule has 116 valence electrons. The summed E-state index contributed by atoms with van der Waals surface area (Å²) in [6, 6.07) is 7.34. The molecule has 0 unspecified atom stereocenters. The van der Waals surface area contributed by atoms with Gasteiger partial charge in [-0.15, -0.1) is 0 Å². The number of nitrogens with one attached hydrogen (secondary N) is 1. The number of halogens is 2. The standard InChI is InChI=1S/C14H11ClFNO4S/c1-8-2-3-9(15)6-13(8)22(20,21)17-10-4-5-11(14(18)19)12(16)7-10/h2-7,17H,1H3,(H,18,19). The van der Waals surface area contributed by atoms with Crippen LogP contribution in [0, 0.1) is 12.7 Å². The van der Waals surface area contributed by atoms with Gasteiger partial charge in [0.1, 0.15) is 5.82 Å². The number of carboxylic acid groups (broad SMARTS) is 1. The van der Waals surface area contributed by atoms with Gasteiger partial charge >= 0.3 is 5.97 Å². The molecule has 2 aromatic carbocycles. The number of rotatable bonds is 4. The Morgan fingerprint density at radius 3 is 2.50 bits per heavy atom. The second-order valence-corrected chi connectivity index (χ2v) is 6.60. The van der Waals surface area contributed by atoms with E-state index in [2.05, 4.69) is 4.72 Å². The number of benzene rings is 2. The Labute approximate surface area is 131 Å². The highest BCUT2D eigenvalue weighted by molar-refractivity contribution is 7.92. The number of aryl methyl sites for hydroxylation is 1. The minimum absolute atomic E-state index is 0.0391. The fourth-order valence-corrected chi connectivity index (χ4v) is 3.38. The van der Waals surface area contributed by atoms with Gasteiger partial charge < -0.3 is 5.11 Å². The van der Waals surface area contributed by atoms with Crippen LogP contribution in [0.5, 0.6) is 0 Å². The zero-order valence-electron chi connectivity index (χ0n) is 11.3. The van der Waals surface area contributed by atoms with Gasteiger partial charge in [0.2, 0.25) is 0 Å². The Balaban J connectivity index is 2.39. The van der Waals surface area contributed by atoms with Gasteiger partial charge in [-0.2, -0.15) is 0 Å². The molecule has 0 spiro atoms. The number of sulfonamides is 1. The molecule has 8 heteroatoms. The Hall–Kier alpha value is -2.12. The molecule has 5 nitrogen and oxygen atoms in total. The topological polar surface area (TPSA) is 83.5 Å². The zero-order chi connectivity index (χ0) is 16.5. The Bertz CT molecular complexity index is 852. The van der Waals surface area contributed by atoms with E-state index in [-0.39, 0.29) is 15.6 Å². The van der Waals surface area contributed by atoms with E-state index < -0.39 is 27.4 Å². The molecular formula is C14H11ClFNO4S. The predicted octanol–water partition coefficient (Wildman–Crippen LogP) is 3.29. The van der Waals surface area contributed by atoms with Crippen molar-refractivity contribution in [3.05, 3.63) is 58.4 Å². The lowest BCUT2D eigenvalue weighted by Crippen LogP contribution is -2.14. The molecule has 22 heavy (non-hydrogen) atoms. The van der Waals surface area contributed by atoms with Crippen LogP contribution >= 0.6 is 11.6 Å². The Morgan fingerprint density at radius 1 is 1.23 bits per heavy atom. The smallest absolute Gasteiger partial charge is 0.338 e. The molecule has 0 aliphatic carbocycles. The highest BCUT2D eigenvalue weighted by Gasteiger charge is 2.19. The first kappa shape index (κ1) is 16.3. The first-order valence-electron chi connectivity index (χ1n) is 6.02. The van der Waals surface area contributed by atoms with Crippen LogP contribution in [0.25, 0.3) is 0 Å². The largest absolute Gasteiger partial charge is 0.478 e. The van der Waals surface area contributed by atoms with Gasteiger partial charge in [-0.25, -0.2) is 17.6 Å². The summed E-state index contributed by atoms with van der Waals surface area (Å²) in [4.78, 5) is 10.7. The van der Waals surface area contributed by atoms with Gasteiger partial charge in [-0.1, -0.05) is 17.7 Å². The fourth-order valence-electron chi connectivity index (χ4n) is 1.83. The second-order valence-electron chi connectivity index (χ2n) is 4.52. The summed E-state index contributed by atoms with van der Waals surface area (Å²) < 4.78 is 40.4. The summed E-state index contributed by atoms with van der Waals surface area (Å²) in [7, 11) is -3.96. The van der Waals surface area contributed by atoms with Crippen LogP contribution in [-0.4, -0.2) is 19.5 Å². The molecule has 0 saturated carbocycles. The van der Waals surface area contributed by atoms with Crippen molar-refractivity contribution in [2.24, 2.45) is 0 Å². The van der Waals surface area contributed by atoms with Crippen LogP contribution in [0.15, 0.2) is 41.3 Å². The second kappa shape index (κ2) is 5.94. The van der Waals surface area contributed by atoms with Gasteiger partial charge in [-0.05, 0) is 42.8 Å². The molecule has 0 heterocycles. The van der Waals surface area contributed by atoms with Crippen LogP contribution in [0.2, 0.25) is 5.02 Å². The van der Waals surface area contributed by atoms with Gasteiger partial charge in [0, 0.05) is 5.02 Å². The number of carboxylic acids is 1. The van der Waals surface area contributed by atoms with Crippen LogP contribution in [0.3, 0.4) is 0 Å². The summed E-state index contributed by atoms with van der Waals surface area (Å²) in [5, 5.41) is 8.99. The van der Waals surface area contributed by atoms with E-state index in [4.69, 9.17) is 16.7 Å². The quantitative estimate of drug-likeness (QED) is 0.892. The molecule has 2 N–H and O–H groups in total. The average Bonchev–Trinajstić information content (AvgIpc) is 2.40. The van der Waals surface area contributed by atoms with Crippen molar-refractivity contribution in [2.75, 3.05) is 4.72 Å². The van der Waals surface area contributed by atoms with E-state index in [1.54, 1.807) is 19.1 Å². The van der Waals surface area contributed by atoms with Crippen molar-refractivity contribution >= 4 is 33.3 Å². The molecule has 0 atom stereocenters. The number of anilines is 1. The lowest BCUT2D eigenvalue weighted by Gasteiger charge is -2.11. The number of hydrogen-bond donors (Lipinski definition) is 2. The molecular weight excluding hydrogens is 333 g/mol. The third-order valence-electron chi connectivity index (χ3n) is 2.89. The third-order valence-corrected chi connectivity index (χ3v) is 4.65. The van der Waals surface area contributed by atoms with Gasteiger partial charge in [-0.3, -0.25) is 4.72 Å². The van der Waals surface area contributed by atoms with E-state index in [1.165, 1.54) is 12.1 Å². The van der Waals surface area contributed by atoms with E-state index in [1.807, 2.05) is 0 Å². The molecule has 0 aliphatic rings. The monoisotopic (exact) mass is 343 g/mol. The number of hydrogen-bond acceptors (Lipinski definition) is 3. The SMILES string of the molecule is Cc1ccc(Cl)cc1S(=O)(=O)Nc1ccc(C(=O)O)c(F)c1. The Morgan fingerprint density at radius 2 is 1.91 bits per heavy atom. The van der Waals surface area contributed by atoms with E-state index in [0.717, 1.165) is 12.1 Å². The summed E-state index contributed by atoms with van der Waals surface area (Å²) in [6.45, 7) is 1.60. The fraction of sp³-hybridized carbons (Fsp3) is 0.0714. The third kappa shape index (κ3) is 3.37. The summed E-state index contributed by atoms with van der Waals surface area (Å²) in [6.07, 6.45) is 0. The van der Waals surface area contributed by atoms with Crippen molar-refractivity contribution in [3.63, 3.8) is 0 Å². The van der Waals surface area contributed by atoms with Gasteiger partial charge in [0.15, 0.2) is 0 Å². The Kier molecular flexibility index (Phi) is 4.39. The molecule has 0 amide bonds. The zero-order valence-corrected chi connectivity index (χ0v) is 12.9. The molecule has 0 bridgehead atoms. The van der Waals surface area contributed by atoms with E-state index in [0.29, 0.717) is 5.56 Å². The molecule has 2 aromatic rings. The van der Waals surface area contributed by atoms with Crippen molar-refractivity contribution < 1.29 is 22.7 Å². The minimum atomic E-state index is -3.96. The summed E-state index contributed by atoms with van der Waals surface area (Å²) in [5.74, 6) is -2.46. The van der Waals surface area contributed by atoms with Crippen molar-refractivity contribution in [1.29, 1.82) is 0 Å². The molecule has 0 fully saturated rings. The van der Waals surface area contributed by atoms with Crippen LogP contribution in [-0.2, 0) is 10.0 Å². The van der Waals surface area contributed by atoms with Crippen LogP contribution in [0.1, 0.15) is 15.9 Å². The number of aromatic carboxylic acids is 1. The maximum Gasteiger partial charge on any atom is 0.338 e. The molecule has 0 aromatic heterocycles. The maximum absolute atomic E-state index is 13.6. The predicted molar refractivity (Wildman–Crippen MR) is 80.4 cm³/mol. The first-order chi connectivity index (χ1) is 10.2. The van der Waals surface area contributed by atoms with Gasteiger partial charge in [0.25, 0.3) is 10.0 Å². The van der Waals surface area contributed by atoms with E-state index in [9.17, 15) is 17.6 Å². The highest BCUT2D eigenvalue weighted by Crippen LogP contribution is 2.23. The normalized spacial score (nSPS) is 11.2. The molecule has 0 aliphatic heterocycles. The van der Waals surface area contributed by atoms with E-state index >= 15 is 0 Å². The molecule has 0 radical (unpaired) electrons. The van der Waals surface area contributed by atoms with Crippen molar-refractivity contribution in [1.82, 2.24) is 0 Å². The van der Waals surface area contributed by atoms with Gasteiger partial charge in [0.05, 0.1) is 16.1 Å². The molecule has 0 saturated heterocycles. The van der Waals surface area contributed by atoms with Crippen LogP contribution in [0.4, 0.5) is 10.1 Å². The maximum atomic E-state index is 13.6.